The largest absolute Gasteiger partial charge is 0.434 e. The van der Waals surface area contributed by atoms with Gasteiger partial charge in [0.05, 0.1) is 26.4 Å². The minimum Gasteiger partial charge on any atom is -0.396 e. The molecule has 0 saturated carbocycles. The first kappa shape index (κ1) is 14.9. The van der Waals surface area contributed by atoms with Gasteiger partial charge in [0.25, 0.3) is 0 Å². The van der Waals surface area contributed by atoms with Crippen molar-refractivity contribution in [3.05, 3.63) is 22.5 Å². The lowest BCUT2D eigenvalue weighted by Crippen LogP contribution is -2.48. The molecule has 0 bridgehead atoms. The highest BCUT2D eigenvalue weighted by Crippen LogP contribution is 2.33. The lowest BCUT2D eigenvalue weighted by molar-refractivity contribution is -0.396. The van der Waals surface area contributed by atoms with Crippen LogP contribution in [0, 0.1) is 15.5 Å². The van der Waals surface area contributed by atoms with Gasteiger partial charge in [-0.2, -0.15) is 0 Å². The van der Waals surface area contributed by atoms with Crippen LogP contribution in [0.2, 0.25) is 0 Å². The summed E-state index contributed by atoms with van der Waals surface area (Å²) < 4.78 is 12.6. The monoisotopic (exact) mass is 285 g/mol. The minimum atomic E-state index is -0.653. The van der Waals surface area contributed by atoms with E-state index in [4.69, 9.17) is 9.47 Å². The van der Waals surface area contributed by atoms with Gasteiger partial charge in [0.1, 0.15) is 12.4 Å². The van der Waals surface area contributed by atoms with Crippen molar-refractivity contribution >= 4 is 5.95 Å². The maximum atomic E-state index is 10.8. The van der Waals surface area contributed by atoms with E-state index in [9.17, 15) is 15.2 Å². The Bertz CT molecular complexity index is 475. The number of aromatic nitrogens is 2. The molecule has 1 aromatic heterocycles. The minimum absolute atomic E-state index is 0.0917. The molecule has 0 aliphatic carbocycles. The van der Waals surface area contributed by atoms with Crippen molar-refractivity contribution in [1.29, 1.82) is 0 Å². The number of rotatable bonds is 5. The molecular formula is C12H19N3O5. The Balaban J connectivity index is 2.01. The van der Waals surface area contributed by atoms with E-state index >= 15 is 0 Å². The predicted octanol–water partition coefficient (Wildman–Crippen LogP) is 0.943. The quantitative estimate of drug-likeness (QED) is 0.638. The molecule has 2 heterocycles. The topological polar surface area (TPSA) is 99.7 Å². The van der Waals surface area contributed by atoms with Gasteiger partial charge in [0.15, 0.2) is 5.79 Å². The van der Waals surface area contributed by atoms with Gasteiger partial charge in [-0.25, -0.2) is 4.57 Å². The number of aliphatic hydroxyl groups is 1. The fourth-order valence-corrected chi connectivity index (χ4v) is 2.06. The zero-order chi connectivity index (χ0) is 14.8. The van der Waals surface area contributed by atoms with Gasteiger partial charge < -0.3 is 24.7 Å². The van der Waals surface area contributed by atoms with Crippen LogP contribution < -0.4 is 0 Å². The first-order chi connectivity index (χ1) is 9.37. The second-order valence-corrected chi connectivity index (χ2v) is 5.56. The van der Waals surface area contributed by atoms with E-state index in [-0.39, 0.29) is 12.6 Å². The smallest absolute Gasteiger partial charge is 0.396 e. The Morgan fingerprint density at radius 2 is 2.15 bits per heavy atom. The number of hydrogen-bond acceptors (Lipinski definition) is 6. The summed E-state index contributed by atoms with van der Waals surface area (Å²) in [6.45, 7) is 4.64. The number of aryl methyl sites for hydroxylation is 1. The first-order valence-electron chi connectivity index (χ1n) is 6.42. The Morgan fingerprint density at radius 3 is 2.70 bits per heavy atom. The Hall–Kier alpha value is -1.51. The van der Waals surface area contributed by atoms with E-state index in [2.05, 4.69) is 4.98 Å². The van der Waals surface area contributed by atoms with Gasteiger partial charge >= 0.3 is 5.95 Å². The lowest BCUT2D eigenvalue weighted by Gasteiger charge is -2.42. The van der Waals surface area contributed by atoms with Gasteiger partial charge in [0.2, 0.25) is 0 Å². The number of aliphatic hydroxyl groups excluding tert-OH is 1. The molecule has 112 valence electrons. The molecule has 1 N–H and O–H groups in total. The third-order valence-electron chi connectivity index (χ3n) is 3.53. The molecule has 0 radical (unpaired) electrons. The van der Waals surface area contributed by atoms with Crippen LogP contribution in [0.15, 0.2) is 12.4 Å². The Kier molecular flexibility index (Phi) is 4.07. The summed E-state index contributed by atoms with van der Waals surface area (Å²) in [4.78, 5) is 14.0. The molecule has 0 spiro atoms. The molecular weight excluding hydrogens is 266 g/mol. The standard InChI is InChI=1S/C12H19N3O5/c1-11(2)19-8-12(7-16,9-20-11)3-5-14-6-4-13-10(14)15(17)18/h4,6,16H,3,5,7-9H2,1-2H3. The summed E-state index contributed by atoms with van der Waals surface area (Å²) in [6, 6.07) is 0. The SMILES string of the molecule is CC1(C)OCC(CO)(CCn2ccnc2[N+](=O)[O-])CO1. The molecule has 0 atom stereocenters. The normalized spacial score (nSPS) is 20.8. The zero-order valence-electron chi connectivity index (χ0n) is 11.6. The van der Waals surface area contributed by atoms with Crippen LogP contribution in [-0.2, 0) is 16.0 Å². The average Bonchev–Trinajstić information content (AvgIpc) is 2.87. The maximum Gasteiger partial charge on any atom is 0.434 e. The molecule has 1 saturated heterocycles. The highest BCUT2D eigenvalue weighted by atomic mass is 16.7. The molecule has 1 aliphatic heterocycles. The van der Waals surface area contributed by atoms with E-state index in [0.29, 0.717) is 26.2 Å². The summed E-state index contributed by atoms with van der Waals surface area (Å²) >= 11 is 0. The van der Waals surface area contributed by atoms with E-state index in [1.807, 2.05) is 13.8 Å². The number of hydrogen-bond donors (Lipinski definition) is 1. The van der Waals surface area contributed by atoms with Crippen molar-refractivity contribution < 1.29 is 19.5 Å². The fourth-order valence-electron chi connectivity index (χ4n) is 2.06. The second kappa shape index (κ2) is 5.47. The van der Waals surface area contributed by atoms with Crippen LogP contribution in [0.5, 0.6) is 0 Å². The second-order valence-electron chi connectivity index (χ2n) is 5.56. The van der Waals surface area contributed by atoms with Gasteiger partial charge in [-0.05, 0) is 25.2 Å². The third-order valence-corrected chi connectivity index (χ3v) is 3.53. The molecule has 2 rings (SSSR count). The maximum absolute atomic E-state index is 10.8. The van der Waals surface area contributed by atoms with Crippen molar-refractivity contribution in [1.82, 2.24) is 9.55 Å². The van der Waals surface area contributed by atoms with Crippen LogP contribution in [0.3, 0.4) is 0 Å². The van der Waals surface area contributed by atoms with Crippen molar-refractivity contribution in [3.63, 3.8) is 0 Å². The van der Waals surface area contributed by atoms with Crippen LogP contribution in [0.25, 0.3) is 0 Å². The number of nitro groups is 1. The van der Waals surface area contributed by atoms with Crippen LogP contribution in [-0.4, -0.2) is 45.2 Å². The number of imidazole rings is 1. The van der Waals surface area contributed by atoms with Crippen molar-refractivity contribution in [2.75, 3.05) is 19.8 Å². The van der Waals surface area contributed by atoms with Crippen molar-refractivity contribution in [3.8, 4) is 0 Å². The molecule has 8 nitrogen and oxygen atoms in total. The molecule has 8 heteroatoms. The molecule has 20 heavy (non-hydrogen) atoms. The number of ether oxygens (including phenoxy) is 2. The highest BCUT2D eigenvalue weighted by Gasteiger charge is 2.40. The van der Waals surface area contributed by atoms with Gasteiger partial charge in [0, 0.05) is 5.41 Å². The molecule has 1 aromatic rings. The van der Waals surface area contributed by atoms with Crippen molar-refractivity contribution in [2.45, 2.75) is 32.6 Å². The predicted molar refractivity (Wildman–Crippen MR) is 69.0 cm³/mol. The third kappa shape index (κ3) is 3.14. The van der Waals surface area contributed by atoms with Gasteiger partial charge in [-0.1, -0.05) is 4.98 Å². The van der Waals surface area contributed by atoms with Crippen molar-refractivity contribution in [2.24, 2.45) is 5.41 Å². The Morgan fingerprint density at radius 1 is 1.50 bits per heavy atom. The van der Waals surface area contributed by atoms with Crippen LogP contribution in [0.1, 0.15) is 20.3 Å². The summed E-state index contributed by atoms with van der Waals surface area (Å²) in [5, 5.41) is 20.4. The summed E-state index contributed by atoms with van der Waals surface area (Å²) in [7, 11) is 0. The molecule has 0 unspecified atom stereocenters. The molecule has 1 fully saturated rings. The van der Waals surface area contributed by atoms with E-state index in [0.717, 1.165) is 0 Å². The summed E-state index contributed by atoms with van der Waals surface area (Å²) in [5.41, 5.74) is -0.534. The Labute approximate surface area is 116 Å². The van der Waals surface area contributed by atoms with Crippen LogP contribution >= 0.6 is 0 Å². The molecule has 1 aliphatic rings. The van der Waals surface area contributed by atoms with E-state index in [1.165, 1.54) is 10.8 Å². The summed E-state index contributed by atoms with van der Waals surface area (Å²) in [5.74, 6) is -0.851. The van der Waals surface area contributed by atoms with Crippen LogP contribution in [0.4, 0.5) is 5.95 Å². The van der Waals surface area contributed by atoms with E-state index < -0.39 is 16.1 Å². The van der Waals surface area contributed by atoms with Gasteiger partial charge in [-0.15, -0.1) is 0 Å². The highest BCUT2D eigenvalue weighted by molar-refractivity contribution is 5.06. The van der Waals surface area contributed by atoms with E-state index in [1.54, 1.807) is 6.20 Å². The number of nitrogens with zero attached hydrogens (tertiary/aromatic N) is 3. The first-order valence-corrected chi connectivity index (χ1v) is 6.42. The lowest BCUT2D eigenvalue weighted by atomic mass is 9.86. The van der Waals surface area contributed by atoms with Gasteiger partial charge in [-0.3, -0.25) is 0 Å². The summed E-state index contributed by atoms with van der Waals surface area (Å²) in [6.07, 6.45) is 3.45. The average molecular weight is 285 g/mol. The fraction of sp³-hybridized carbons (Fsp3) is 0.750. The molecule has 0 aromatic carbocycles. The molecule has 0 amide bonds. The zero-order valence-corrected chi connectivity index (χ0v) is 11.6.